The number of rotatable bonds is 9. The Kier molecular flexibility index (Phi) is 7.83. The number of nitrogens with one attached hydrogen (secondary N) is 2. The molecule has 172 valence electrons. The van der Waals surface area contributed by atoms with Crippen LogP contribution in [0.4, 0.5) is 4.39 Å². The number of aromatic nitrogens is 4. The molecule has 0 spiro atoms. The molecule has 0 unspecified atom stereocenters. The van der Waals surface area contributed by atoms with Crippen LogP contribution in [0.2, 0.25) is 0 Å². The van der Waals surface area contributed by atoms with Crippen molar-refractivity contribution in [3.05, 3.63) is 66.3 Å². The van der Waals surface area contributed by atoms with Gasteiger partial charge in [-0.25, -0.2) is 24.3 Å². The maximum Gasteiger partial charge on any atom is 0.224 e. The Morgan fingerprint density at radius 3 is 2.70 bits per heavy atom. The molecule has 0 atom stereocenters. The fraction of sp³-hybridized carbons (Fsp3) is 0.348. The Morgan fingerprint density at radius 1 is 1.15 bits per heavy atom. The van der Waals surface area contributed by atoms with Crippen molar-refractivity contribution in [3.8, 4) is 17.1 Å². The Morgan fingerprint density at radius 2 is 1.97 bits per heavy atom. The van der Waals surface area contributed by atoms with Gasteiger partial charge in [0.25, 0.3) is 0 Å². The van der Waals surface area contributed by atoms with Gasteiger partial charge in [-0.15, -0.1) is 0 Å². The van der Waals surface area contributed by atoms with Crippen molar-refractivity contribution < 1.29 is 13.9 Å². The van der Waals surface area contributed by atoms with Crippen molar-refractivity contribution in [2.24, 2.45) is 0 Å². The summed E-state index contributed by atoms with van der Waals surface area (Å²) in [6.45, 7) is 5.58. The first-order valence-electron chi connectivity index (χ1n) is 10.9. The molecule has 0 bridgehead atoms. The highest BCUT2D eigenvalue weighted by Gasteiger charge is 2.12. The highest BCUT2D eigenvalue weighted by atomic mass is 19.1. The first-order chi connectivity index (χ1) is 16.2. The van der Waals surface area contributed by atoms with Crippen LogP contribution in [0.5, 0.6) is 5.75 Å². The summed E-state index contributed by atoms with van der Waals surface area (Å²) >= 11 is 0. The second-order valence-electron chi connectivity index (χ2n) is 7.65. The molecule has 1 fully saturated rings. The lowest BCUT2D eigenvalue weighted by atomic mass is 10.1. The van der Waals surface area contributed by atoms with Crippen molar-refractivity contribution in [1.29, 1.82) is 0 Å². The number of ether oxygens (including phenoxy) is 1. The zero-order chi connectivity index (χ0) is 22.9. The summed E-state index contributed by atoms with van der Waals surface area (Å²) in [7, 11) is 0. The molecule has 0 radical (unpaired) electrons. The van der Waals surface area contributed by atoms with E-state index in [1.807, 2.05) is 0 Å². The average molecular weight is 452 g/mol. The summed E-state index contributed by atoms with van der Waals surface area (Å²) in [5.41, 5.74) is 1.63. The monoisotopic (exact) mass is 451 g/mol. The number of piperazine rings is 1. The van der Waals surface area contributed by atoms with E-state index in [2.05, 4.69) is 35.5 Å². The molecular weight excluding hydrogens is 425 g/mol. The molecule has 1 saturated heterocycles. The molecule has 1 aliphatic heterocycles. The summed E-state index contributed by atoms with van der Waals surface area (Å²) in [5.74, 6) is 0.0943. The van der Waals surface area contributed by atoms with Gasteiger partial charge in [0.15, 0.2) is 5.82 Å². The fourth-order valence-corrected chi connectivity index (χ4v) is 3.44. The maximum absolute atomic E-state index is 14.6. The van der Waals surface area contributed by atoms with Crippen molar-refractivity contribution >= 4 is 5.91 Å². The minimum absolute atomic E-state index is 0.119. The quantitative estimate of drug-likeness (QED) is 0.500. The molecule has 2 aromatic heterocycles. The summed E-state index contributed by atoms with van der Waals surface area (Å²) in [6.07, 6.45) is 6.23. The van der Waals surface area contributed by atoms with Crippen molar-refractivity contribution in [1.82, 2.24) is 35.5 Å². The number of benzene rings is 1. The highest BCUT2D eigenvalue weighted by Crippen LogP contribution is 2.23. The third-order valence-electron chi connectivity index (χ3n) is 5.25. The Hall–Kier alpha value is -3.50. The molecule has 9 nitrogen and oxygen atoms in total. The van der Waals surface area contributed by atoms with Crippen molar-refractivity contribution in [2.75, 3.05) is 39.3 Å². The predicted molar refractivity (Wildman–Crippen MR) is 120 cm³/mol. The van der Waals surface area contributed by atoms with Gasteiger partial charge in [-0.2, -0.15) is 0 Å². The van der Waals surface area contributed by atoms with Gasteiger partial charge in [0, 0.05) is 57.4 Å². The van der Waals surface area contributed by atoms with E-state index in [-0.39, 0.29) is 23.7 Å². The third-order valence-corrected chi connectivity index (χ3v) is 5.25. The van der Waals surface area contributed by atoms with Crippen LogP contribution in [0.3, 0.4) is 0 Å². The van der Waals surface area contributed by atoms with Crippen LogP contribution in [0.1, 0.15) is 11.3 Å². The van der Waals surface area contributed by atoms with E-state index in [0.29, 0.717) is 24.5 Å². The third kappa shape index (κ3) is 6.74. The number of amides is 1. The summed E-state index contributed by atoms with van der Waals surface area (Å²) < 4.78 is 20.3. The highest BCUT2D eigenvalue weighted by molar-refractivity contribution is 5.78. The molecule has 3 heterocycles. The predicted octanol–water partition coefficient (Wildman–Crippen LogP) is 1.22. The molecule has 1 aliphatic rings. The smallest absolute Gasteiger partial charge is 0.224 e. The normalized spacial score (nSPS) is 14.1. The zero-order valence-electron chi connectivity index (χ0n) is 18.2. The Bertz CT molecular complexity index is 1040. The topological polar surface area (TPSA) is 105 Å². The van der Waals surface area contributed by atoms with E-state index in [1.165, 1.54) is 24.8 Å². The molecule has 0 aliphatic carbocycles. The van der Waals surface area contributed by atoms with E-state index in [4.69, 9.17) is 4.74 Å². The minimum Gasteiger partial charge on any atom is -0.492 e. The number of nitrogens with zero attached hydrogens (tertiary/aromatic N) is 5. The molecule has 2 N–H and O–H groups in total. The minimum atomic E-state index is -0.454. The van der Waals surface area contributed by atoms with Gasteiger partial charge in [-0.3, -0.25) is 9.69 Å². The van der Waals surface area contributed by atoms with Gasteiger partial charge < -0.3 is 15.4 Å². The zero-order valence-corrected chi connectivity index (χ0v) is 18.2. The Balaban J connectivity index is 1.28. The molecular formula is C23H26FN7O2. The maximum atomic E-state index is 14.6. The van der Waals surface area contributed by atoms with Crippen LogP contribution in [-0.4, -0.2) is 70.1 Å². The molecule has 33 heavy (non-hydrogen) atoms. The second-order valence-corrected chi connectivity index (χ2v) is 7.65. The molecule has 0 saturated carbocycles. The number of hydrogen-bond acceptors (Lipinski definition) is 8. The van der Waals surface area contributed by atoms with Gasteiger partial charge >= 0.3 is 0 Å². The van der Waals surface area contributed by atoms with E-state index < -0.39 is 5.82 Å². The van der Waals surface area contributed by atoms with Gasteiger partial charge in [0.1, 0.15) is 24.5 Å². The lowest BCUT2D eigenvalue weighted by Crippen LogP contribution is -2.44. The van der Waals surface area contributed by atoms with Crippen LogP contribution >= 0.6 is 0 Å². The summed E-state index contributed by atoms with van der Waals surface area (Å²) in [4.78, 5) is 30.8. The number of hydrogen-bond donors (Lipinski definition) is 2. The van der Waals surface area contributed by atoms with Crippen LogP contribution < -0.4 is 15.4 Å². The van der Waals surface area contributed by atoms with E-state index in [1.54, 1.807) is 24.4 Å². The van der Waals surface area contributed by atoms with E-state index >= 15 is 0 Å². The van der Waals surface area contributed by atoms with Gasteiger partial charge in [0.2, 0.25) is 5.91 Å². The van der Waals surface area contributed by atoms with E-state index in [9.17, 15) is 9.18 Å². The van der Waals surface area contributed by atoms with Crippen LogP contribution in [0.15, 0.2) is 49.2 Å². The van der Waals surface area contributed by atoms with Gasteiger partial charge in [0.05, 0.1) is 24.2 Å². The molecule has 10 heteroatoms. The molecule has 4 rings (SSSR count). The summed E-state index contributed by atoms with van der Waals surface area (Å²) in [5, 5.41) is 6.09. The lowest BCUT2D eigenvalue weighted by Gasteiger charge is -2.26. The van der Waals surface area contributed by atoms with Gasteiger partial charge in [-0.1, -0.05) is 0 Å². The molecule has 1 amide bonds. The second kappa shape index (κ2) is 11.4. The van der Waals surface area contributed by atoms with Crippen molar-refractivity contribution in [2.45, 2.75) is 13.0 Å². The number of carbonyl (C=O) groups excluding carboxylic acids is 1. The summed E-state index contributed by atoms with van der Waals surface area (Å²) in [6, 6.07) is 6.41. The molecule has 1 aromatic carbocycles. The number of halogens is 1. The molecule has 3 aromatic rings. The first-order valence-corrected chi connectivity index (χ1v) is 10.9. The largest absolute Gasteiger partial charge is 0.492 e. The van der Waals surface area contributed by atoms with Crippen LogP contribution in [0, 0.1) is 5.82 Å². The Labute approximate surface area is 191 Å². The van der Waals surface area contributed by atoms with Crippen LogP contribution in [-0.2, 0) is 17.8 Å². The van der Waals surface area contributed by atoms with E-state index in [0.717, 1.165) is 38.4 Å². The van der Waals surface area contributed by atoms with Gasteiger partial charge in [-0.05, 0) is 23.8 Å². The standard InChI is InChI=1S/C23H26FN7O2/c24-21-12-19(33-10-9-31-7-5-25-6-8-31)1-2-20(21)23-28-13-17(14-29-23)11-22(32)27-15-18-3-4-26-16-30-18/h1-4,12-14,16,25H,5-11,15H2,(H,27,32). The average Bonchev–Trinajstić information content (AvgIpc) is 2.85. The van der Waals surface area contributed by atoms with Crippen molar-refractivity contribution in [3.63, 3.8) is 0 Å². The lowest BCUT2D eigenvalue weighted by molar-refractivity contribution is -0.120. The fourth-order valence-electron chi connectivity index (χ4n) is 3.44. The SMILES string of the molecule is O=C(Cc1cnc(-c2ccc(OCCN3CCNCC3)cc2F)nc1)NCc1ccncn1. The first kappa shape index (κ1) is 22.7. The number of carbonyl (C=O) groups is 1. The van der Waals surface area contributed by atoms with Crippen LogP contribution in [0.25, 0.3) is 11.4 Å².